The van der Waals surface area contributed by atoms with Crippen LogP contribution in [-0.4, -0.2) is 8.42 Å². The summed E-state index contributed by atoms with van der Waals surface area (Å²) in [6, 6.07) is 3.59. The van der Waals surface area contributed by atoms with Gasteiger partial charge in [0.2, 0.25) is 10.0 Å². The lowest BCUT2D eigenvalue weighted by Gasteiger charge is -2.18. The van der Waals surface area contributed by atoms with Gasteiger partial charge in [-0.1, -0.05) is 43.6 Å². The molecule has 0 aliphatic carbocycles. The number of benzene rings is 1. The maximum absolute atomic E-state index is 11.7. The molecule has 1 atom stereocenters. The Morgan fingerprint density at radius 2 is 1.78 bits per heavy atom. The van der Waals surface area contributed by atoms with Crippen molar-refractivity contribution in [1.29, 1.82) is 0 Å². The zero-order valence-corrected chi connectivity index (χ0v) is 13.6. The Morgan fingerprint density at radius 1 is 1.22 bits per heavy atom. The minimum absolute atomic E-state index is 0.163. The average Bonchev–Trinajstić information content (AvgIpc) is 2.25. The summed E-state index contributed by atoms with van der Waals surface area (Å²) in [4.78, 5) is 0.253. The first-order valence-corrected chi connectivity index (χ1v) is 8.38. The van der Waals surface area contributed by atoms with E-state index < -0.39 is 10.0 Å². The molecule has 0 aromatic heterocycles. The molecule has 0 fully saturated rings. The molecule has 2 N–H and O–H groups in total. The van der Waals surface area contributed by atoms with Crippen LogP contribution in [-0.2, 0) is 10.0 Å². The van der Waals surface area contributed by atoms with Crippen LogP contribution in [0.25, 0.3) is 0 Å². The molecule has 0 saturated heterocycles. The van der Waals surface area contributed by atoms with Crippen molar-refractivity contribution in [1.82, 2.24) is 0 Å². The summed E-state index contributed by atoms with van der Waals surface area (Å²) in [7, 11) is -3.68. The summed E-state index contributed by atoms with van der Waals surface area (Å²) < 4.78 is 24.4. The minimum Gasteiger partial charge on any atom is -0.225 e. The van der Waals surface area contributed by atoms with E-state index in [0.29, 0.717) is 0 Å². The van der Waals surface area contributed by atoms with E-state index in [9.17, 15) is 8.42 Å². The number of halogens is 1. The minimum atomic E-state index is -3.68. The molecule has 0 aliphatic heterocycles. The standard InChI is InChI=1S/C13H20BrNO2S/c1-5-9(4)11-6-12(14)10(8(2)3)7-13(11)18(15,16)17/h6-9H,5H2,1-4H3,(H2,15,16,17). The summed E-state index contributed by atoms with van der Waals surface area (Å²) in [5, 5.41) is 5.33. The second-order valence-corrected chi connectivity index (χ2v) is 7.30. The zero-order valence-electron chi connectivity index (χ0n) is 11.2. The van der Waals surface area contributed by atoms with Crippen molar-refractivity contribution in [3.63, 3.8) is 0 Å². The first-order chi connectivity index (χ1) is 8.18. The van der Waals surface area contributed by atoms with Gasteiger partial charge in [0, 0.05) is 4.47 Å². The van der Waals surface area contributed by atoms with Gasteiger partial charge < -0.3 is 0 Å². The number of hydrogen-bond donors (Lipinski definition) is 1. The van der Waals surface area contributed by atoms with Crippen molar-refractivity contribution in [2.45, 2.75) is 50.8 Å². The van der Waals surface area contributed by atoms with Crippen LogP contribution >= 0.6 is 15.9 Å². The van der Waals surface area contributed by atoms with Crippen LogP contribution in [0.2, 0.25) is 0 Å². The van der Waals surface area contributed by atoms with E-state index in [1.165, 1.54) is 0 Å². The van der Waals surface area contributed by atoms with E-state index in [-0.39, 0.29) is 16.7 Å². The van der Waals surface area contributed by atoms with Crippen molar-refractivity contribution in [3.05, 3.63) is 27.7 Å². The number of sulfonamides is 1. The topological polar surface area (TPSA) is 60.2 Å². The van der Waals surface area contributed by atoms with Crippen LogP contribution in [0.3, 0.4) is 0 Å². The molecular formula is C13H20BrNO2S. The average molecular weight is 334 g/mol. The summed E-state index contributed by atoms with van der Waals surface area (Å²) in [5.41, 5.74) is 1.75. The third-order valence-corrected chi connectivity index (χ3v) is 4.85. The van der Waals surface area contributed by atoms with Crippen LogP contribution in [0.4, 0.5) is 0 Å². The van der Waals surface area contributed by atoms with Crippen molar-refractivity contribution >= 4 is 26.0 Å². The number of primary sulfonamides is 1. The highest BCUT2D eigenvalue weighted by Crippen LogP contribution is 2.34. The summed E-state index contributed by atoms with van der Waals surface area (Å²) in [5.74, 6) is 0.404. The van der Waals surface area contributed by atoms with Crippen molar-refractivity contribution in [2.24, 2.45) is 5.14 Å². The second kappa shape index (κ2) is 5.72. The monoisotopic (exact) mass is 333 g/mol. The molecule has 0 radical (unpaired) electrons. The molecule has 3 nitrogen and oxygen atoms in total. The van der Waals surface area contributed by atoms with Crippen LogP contribution in [0.1, 0.15) is 57.1 Å². The molecule has 0 spiro atoms. The number of hydrogen-bond acceptors (Lipinski definition) is 2. The molecule has 102 valence electrons. The lowest BCUT2D eigenvalue weighted by molar-refractivity contribution is 0.593. The normalized spacial score (nSPS) is 13.9. The van der Waals surface area contributed by atoms with Gasteiger partial charge in [0.25, 0.3) is 0 Å². The Balaban J connectivity index is 3.58. The third-order valence-electron chi connectivity index (χ3n) is 3.20. The Kier molecular flexibility index (Phi) is 4.98. The van der Waals surface area contributed by atoms with E-state index in [2.05, 4.69) is 15.9 Å². The summed E-state index contributed by atoms with van der Waals surface area (Å²) in [6.07, 6.45) is 0.871. The summed E-state index contributed by atoms with van der Waals surface area (Å²) >= 11 is 3.51. The van der Waals surface area contributed by atoms with Gasteiger partial charge in [0.1, 0.15) is 0 Å². The molecule has 0 saturated carbocycles. The van der Waals surface area contributed by atoms with Crippen molar-refractivity contribution in [3.8, 4) is 0 Å². The van der Waals surface area contributed by atoms with Crippen LogP contribution in [0, 0.1) is 0 Å². The molecule has 0 amide bonds. The maximum Gasteiger partial charge on any atom is 0.238 e. The Bertz CT molecular complexity index is 538. The van der Waals surface area contributed by atoms with E-state index >= 15 is 0 Å². The molecule has 0 heterocycles. The first kappa shape index (κ1) is 15.7. The highest BCUT2D eigenvalue weighted by Gasteiger charge is 2.21. The molecule has 0 aliphatic rings. The molecule has 1 aromatic carbocycles. The Labute approximate surface area is 118 Å². The largest absolute Gasteiger partial charge is 0.238 e. The van der Waals surface area contributed by atoms with Crippen LogP contribution in [0.15, 0.2) is 21.5 Å². The predicted molar refractivity (Wildman–Crippen MR) is 78.3 cm³/mol. The van der Waals surface area contributed by atoms with Crippen molar-refractivity contribution < 1.29 is 8.42 Å². The van der Waals surface area contributed by atoms with E-state index in [1.54, 1.807) is 6.07 Å². The van der Waals surface area contributed by atoms with Gasteiger partial charge in [-0.15, -0.1) is 0 Å². The van der Waals surface area contributed by atoms with Gasteiger partial charge in [0.05, 0.1) is 4.90 Å². The zero-order chi connectivity index (χ0) is 14.1. The molecule has 1 unspecified atom stereocenters. The van der Waals surface area contributed by atoms with Gasteiger partial charge in [-0.2, -0.15) is 0 Å². The lowest BCUT2D eigenvalue weighted by Crippen LogP contribution is -2.16. The van der Waals surface area contributed by atoms with E-state index in [0.717, 1.165) is 22.0 Å². The van der Waals surface area contributed by atoms with Gasteiger partial charge in [-0.05, 0) is 41.5 Å². The fourth-order valence-electron chi connectivity index (χ4n) is 1.88. The number of nitrogens with two attached hydrogens (primary N) is 1. The summed E-state index contributed by atoms with van der Waals surface area (Å²) in [6.45, 7) is 8.08. The van der Waals surface area contributed by atoms with E-state index in [4.69, 9.17) is 5.14 Å². The molecule has 18 heavy (non-hydrogen) atoms. The third kappa shape index (κ3) is 3.33. The second-order valence-electron chi connectivity index (χ2n) is 4.92. The van der Waals surface area contributed by atoms with Crippen molar-refractivity contribution in [2.75, 3.05) is 0 Å². The van der Waals surface area contributed by atoms with Gasteiger partial charge in [0.15, 0.2) is 0 Å². The molecular weight excluding hydrogens is 314 g/mol. The Morgan fingerprint density at radius 3 is 2.17 bits per heavy atom. The highest BCUT2D eigenvalue weighted by molar-refractivity contribution is 9.10. The van der Waals surface area contributed by atoms with Crippen LogP contribution < -0.4 is 5.14 Å². The first-order valence-electron chi connectivity index (χ1n) is 6.04. The maximum atomic E-state index is 11.7. The van der Waals surface area contributed by atoms with Crippen LogP contribution in [0.5, 0.6) is 0 Å². The van der Waals surface area contributed by atoms with E-state index in [1.807, 2.05) is 33.8 Å². The molecule has 1 rings (SSSR count). The molecule has 5 heteroatoms. The smallest absolute Gasteiger partial charge is 0.225 e. The quantitative estimate of drug-likeness (QED) is 0.912. The predicted octanol–water partition coefficient (Wildman–Crippen LogP) is 3.73. The highest BCUT2D eigenvalue weighted by atomic mass is 79.9. The molecule has 0 bridgehead atoms. The number of rotatable bonds is 4. The lowest BCUT2D eigenvalue weighted by atomic mass is 9.94. The van der Waals surface area contributed by atoms with Gasteiger partial charge in [-0.25, -0.2) is 13.6 Å². The molecule has 1 aromatic rings. The SMILES string of the molecule is CCC(C)c1cc(Br)c(C(C)C)cc1S(N)(=O)=O. The Hall–Kier alpha value is -0.390. The van der Waals surface area contributed by atoms with Gasteiger partial charge >= 0.3 is 0 Å². The fraction of sp³-hybridized carbons (Fsp3) is 0.538. The fourth-order valence-corrected chi connectivity index (χ4v) is 3.58. The van der Waals surface area contributed by atoms with Gasteiger partial charge in [-0.3, -0.25) is 0 Å².